The summed E-state index contributed by atoms with van der Waals surface area (Å²) < 4.78 is 2.30. The highest BCUT2D eigenvalue weighted by atomic mass is 15.2. The van der Waals surface area contributed by atoms with E-state index in [9.17, 15) is 0 Å². The van der Waals surface area contributed by atoms with Gasteiger partial charge in [0.15, 0.2) is 0 Å². The van der Waals surface area contributed by atoms with E-state index in [2.05, 4.69) is 34.6 Å². The predicted molar refractivity (Wildman–Crippen MR) is 82.7 cm³/mol. The topological polar surface area (TPSA) is 47.1 Å². The van der Waals surface area contributed by atoms with Gasteiger partial charge in [0, 0.05) is 13.1 Å². The van der Waals surface area contributed by atoms with Crippen molar-refractivity contribution in [1.82, 2.24) is 14.5 Å². The number of likely N-dealkylation sites (tertiary alicyclic amines) is 1. The third kappa shape index (κ3) is 2.72. The van der Waals surface area contributed by atoms with E-state index in [0.29, 0.717) is 6.54 Å². The van der Waals surface area contributed by atoms with Gasteiger partial charge in [0.05, 0.1) is 17.6 Å². The van der Waals surface area contributed by atoms with Crippen LogP contribution in [-0.2, 0) is 13.1 Å². The number of nitrogens with zero attached hydrogens (tertiary/aromatic N) is 3. The third-order valence-electron chi connectivity index (χ3n) is 4.15. The minimum absolute atomic E-state index is 0.659. The van der Waals surface area contributed by atoms with E-state index >= 15 is 0 Å². The number of hydrogen-bond donors (Lipinski definition) is 1. The number of fused-ring (bicyclic) bond motifs is 1. The molecule has 1 aromatic heterocycles. The largest absolute Gasteiger partial charge is 0.329 e. The van der Waals surface area contributed by atoms with Crippen molar-refractivity contribution in [2.75, 3.05) is 19.6 Å². The van der Waals surface area contributed by atoms with Crippen LogP contribution < -0.4 is 5.73 Å². The quantitative estimate of drug-likeness (QED) is 0.929. The molecular weight excluding hydrogens is 248 g/mol. The third-order valence-corrected chi connectivity index (χ3v) is 4.15. The Morgan fingerprint density at radius 3 is 2.75 bits per heavy atom. The number of aromatic nitrogens is 2. The fourth-order valence-corrected chi connectivity index (χ4v) is 3.11. The maximum Gasteiger partial charge on any atom is 0.124 e. The summed E-state index contributed by atoms with van der Waals surface area (Å²) in [4.78, 5) is 7.37. The van der Waals surface area contributed by atoms with Gasteiger partial charge >= 0.3 is 0 Å². The van der Waals surface area contributed by atoms with Crippen molar-refractivity contribution in [3.63, 3.8) is 0 Å². The van der Waals surface area contributed by atoms with Crippen LogP contribution in [0.1, 0.15) is 30.7 Å². The van der Waals surface area contributed by atoms with Gasteiger partial charge < -0.3 is 10.3 Å². The number of aryl methyl sites for hydroxylation is 1. The molecule has 1 aliphatic rings. The van der Waals surface area contributed by atoms with Gasteiger partial charge in [-0.25, -0.2) is 4.98 Å². The number of nitrogens with two attached hydrogens (primary N) is 1. The molecule has 0 atom stereocenters. The summed E-state index contributed by atoms with van der Waals surface area (Å²) in [5, 5.41) is 0. The van der Waals surface area contributed by atoms with Crippen molar-refractivity contribution in [3.05, 3.63) is 29.6 Å². The molecule has 4 heteroatoms. The lowest BCUT2D eigenvalue weighted by Gasteiger charge is -2.26. The zero-order chi connectivity index (χ0) is 13.9. The molecule has 20 heavy (non-hydrogen) atoms. The molecule has 0 radical (unpaired) electrons. The van der Waals surface area contributed by atoms with Crippen LogP contribution in [0.4, 0.5) is 0 Å². The first-order valence-electron chi connectivity index (χ1n) is 7.66. The molecule has 0 bridgehead atoms. The Hall–Kier alpha value is -1.39. The summed E-state index contributed by atoms with van der Waals surface area (Å²) >= 11 is 0. The Bertz CT molecular complexity index is 581. The maximum absolute atomic E-state index is 5.78. The number of hydrogen-bond acceptors (Lipinski definition) is 3. The van der Waals surface area contributed by atoms with E-state index in [0.717, 1.165) is 24.4 Å². The molecule has 0 unspecified atom stereocenters. The van der Waals surface area contributed by atoms with Crippen LogP contribution in [0, 0.1) is 6.92 Å². The SMILES string of the molecule is Cc1ccc2c(c1)nc(CN1CCCCC1)n2CCN. The fourth-order valence-electron chi connectivity index (χ4n) is 3.11. The highest BCUT2D eigenvalue weighted by Crippen LogP contribution is 2.20. The Morgan fingerprint density at radius 2 is 2.00 bits per heavy atom. The number of benzene rings is 1. The van der Waals surface area contributed by atoms with Crippen LogP contribution in [0.25, 0.3) is 11.0 Å². The lowest BCUT2D eigenvalue weighted by Crippen LogP contribution is -2.30. The van der Waals surface area contributed by atoms with Crippen LogP contribution in [0.5, 0.6) is 0 Å². The zero-order valence-electron chi connectivity index (χ0n) is 12.3. The van der Waals surface area contributed by atoms with E-state index in [4.69, 9.17) is 10.7 Å². The summed E-state index contributed by atoms with van der Waals surface area (Å²) in [6.07, 6.45) is 4.00. The van der Waals surface area contributed by atoms with Crippen molar-refractivity contribution in [2.24, 2.45) is 5.73 Å². The summed E-state index contributed by atoms with van der Waals surface area (Å²) in [6, 6.07) is 6.50. The standard InChI is InChI=1S/C16H24N4/c1-13-5-6-15-14(11-13)18-16(20(15)10-7-17)12-19-8-3-2-4-9-19/h5-6,11H,2-4,7-10,12,17H2,1H3. The molecule has 0 aliphatic carbocycles. The second-order valence-corrected chi connectivity index (χ2v) is 5.80. The minimum Gasteiger partial charge on any atom is -0.329 e. The predicted octanol–water partition coefficient (Wildman–Crippen LogP) is 2.29. The Kier molecular flexibility index (Phi) is 4.03. The summed E-state index contributed by atoms with van der Waals surface area (Å²) in [5.74, 6) is 1.16. The molecule has 4 nitrogen and oxygen atoms in total. The van der Waals surface area contributed by atoms with E-state index < -0.39 is 0 Å². The van der Waals surface area contributed by atoms with Gasteiger partial charge in [0.25, 0.3) is 0 Å². The maximum atomic E-state index is 5.78. The van der Waals surface area contributed by atoms with Crippen LogP contribution in [0.3, 0.4) is 0 Å². The molecule has 1 aromatic carbocycles. The first-order valence-corrected chi connectivity index (χ1v) is 7.66. The Balaban J connectivity index is 1.93. The van der Waals surface area contributed by atoms with Gasteiger partial charge in [-0.05, 0) is 50.6 Å². The number of piperidine rings is 1. The first-order chi connectivity index (χ1) is 9.78. The molecule has 1 fully saturated rings. The minimum atomic E-state index is 0.659. The van der Waals surface area contributed by atoms with E-state index in [1.165, 1.54) is 43.4 Å². The van der Waals surface area contributed by atoms with Crippen molar-refractivity contribution in [3.8, 4) is 0 Å². The molecule has 0 spiro atoms. The molecule has 2 N–H and O–H groups in total. The molecule has 1 saturated heterocycles. The average Bonchev–Trinajstić information content (AvgIpc) is 2.77. The monoisotopic (exact) mass is 272 g/mol. The molecular formula is C16H24N4. The van der Waals surface area contributed by atoms with Crippen molar-refractivity contribution in [2.45, 2.75) is 39.3 Å². The van der Waals surface area contributed by atoms with E-state index in [1.807, 2.05) is 0 Å². The smallest absolute Gasteiger partial charge is 0.124 e. The number of rotatable bonds is 4. The van der Waals surface area contributed by atoms with Crippen LogP contribution >= 0.6 is 0 Å². The van der Waals surface area contributed by atoms with E-state index in [1.54, 1.807) is 0 Å². The molecule has 2 aromatic rings. The zero-order valence-corrected chi connectivity index (χ0v) is 12.3. The van der Waals surface area contributed by atoms with Gasteiger partial charge in [-0.15, -0.1) is 0 Å². The van der Waals surface area contributed by atoms with Gasteiger partial charge in [-0.2, -0.15) is 0 Å². The lowest BCUT2D eigenvalue weighted by atomic mass is 10.1. The van der Waals surface area contributed by atoms with Gasteiger partial charge in [-0.3, -0.25) is 4.90 Å². The molecule has 3 rings (SSSR count). The normalized spacial score (nSPS) is 16.9. The average molecular weight is 272 g/mol. The van der Waals surface area contributed by atoms with Crippen molar-refractivity contribution < 1.29 is 0 Å². The van der Waals surface area contributed by atoms with E-state index in [-0.39, 0.29) is 0 Å². The van der Waals surface area contributed by atoms with Gasteiger partial charge in [0.1, 0.15) is 5.82 Å². The van der Waals surface area contributed by atoms with Gasteiger partial charge in [-0.1, -0.05) is 12.5 Å². The summed E-state index contributed by atoms with van der Waals surface area (Å²) in [6.45, 7) is 6.98. The molecule has 0 amide bonds. The Labute approximate surface area is 120 Å². The lowest BCUT2D eigenvalue weighted by molar-refractivity contribution is 0.213. The second kappa shape index (κ2) is 5.94. The molecule has 0 saturated carbocycles. The van der Waals surface area contributed by atoms with Crippen molar-refractivity contribution in [1.29, 1.82) is 0 Å². The van der Waals surface area contributed by atoms with Crippen molar-refractivity contribution >= 4 is 11.0 Å². The Morgan fingerprint density at radius 1 is 1.20 bits per heavy atom. The highest BCUT2D eigenvalue weighted by Gasteiger charge is 2.16. The molecule has 2 heterocycles. The second-order valence-electron chi connectivity index (χ2n) is 5.80. The van der Waals surface area contributed by atoms with Crippen LogP contribution in [-0.4, -0.2) is 34.1 Å². The summed E-state index contributed by atoms with van der Waals surface area (Å²) in [5.41, 5.74) is 9.36. The van der Waals surface area contributed by atoms with Gasteiger partial charge in [0.2, 0.25) is 0 Å². The summed E-state index contributed by atoms with van der Waals surface area (Å²) in [7, 11) is 0. The number of imidazole rings is 1. The molecule has 1 aliphatic heterocycles. The van der Waals surface area contributed by atoms with Crippen LogP contribution in [0.2, 0.25) is 0 Å². The molecule has 108 valence electrons. The fraction of sp³-hybridized carbons (Fsp3) is 0.562. The van der Waals surface area contributed by atoms with Crippen LogP contribution in [0.15, 0.2) is 18.2 Å². The highest BCUT2D eigenvalue weighted by molar-refractivity contribution is 5.76. The first kappa shape index (κ1) is 13.6.